The van der Waals surface area contributed by atoms with E-state index >= 15 is 0 Å². The van der Waals surface area contributed by atoms with Gasteiger partial charge in [0.25, 0.3) is 0 Å². The van der Waals surface area contributed by atoms with Crippen LogP contribution in [0.5, 0.6) is 0 Å². The van der Waals surface area contributed by atoms with E-state index in [0.717, 1.165) is 50.6 Å². The van der Waals surface area contributed by atoms with Crippen molar-refractivity contribution in [2.24, 2.45) is 0 Å². The zero-order valence-corrected chi connectivity index (χ0v) is 22.7. The lowest BCUT2D eigenvalue weighted by molar-refractivity contribution is 1.32. The van der Waals surface area contributed by atoms with Crippen molar-refractivity contribution in [2.45, 2.75) is 0 Å². The summed E-state index contributed by atoms with van der Waals surface area (Å²) in [6.07, 6.45) is 0. The zero-order valence-electron chi connectivity index (χ0n) is 22.7. The van der Waals surface area contributed by atoms with Crippen LogP contribution in [0.2, 0.25) is 0 Å². The van der Waals surface area contributed by atoms with Crippen molar-refractivity contribution in [1.82, 2.24) is 4.98 Å². The topological polar surface area (TPSA) is 37.0 Å². The highest BCUT2D eigenvalue weighted by atomic mass is 14.8. The van der Waals surface area contributed by atoms with Crippen molar-refractivity contribution in [3.05, 3.63) is 140 Å². The predicted octanol–water partition coefficient (Wildman–Crippen LogP) is 9.50. The van der Waals surface area contributed by atoms with Gasteiger partial charge in [-0.3, -0.25) is 0 Å². The molecule has 0 aliphatic rings. The van der Waals surface area contributed by atoms with Crippen LogP contribution in [-0.2, 0) is 0 Å². The maximum absolute atomic E-state index is 5.11. The molecule has 0 aliphatic heterocycles. The summed E-state index contributed by atoms with van der Waals surface area (Å²) in [5, 5.41) is 6.56. The first-order valence-electron chi connectivity index (χ1n) is 13.6. The van der Waals surface area contributed by atoms with Crippen LogP contribution in [0, 0.1) is 0 Å². The molecule has 0 spiro atoms. The summed E-state index contributed by atoms with van der Waals surface area (Å²) in [6.45, 7) is 0. The molecule has 0 aliphatic carbocycles. The van der Waals surface area contributed by atoms with Crippen LogP contribution < -0.4 is 10.6 Å². The summed E-state index contributed by atoms with van der Waals surface area (Å²) in [5.74, 6) is 0. The van der Waals surface area contributed by atoms with Crippen molar-refractivity contribution in [1.29, 1.82) is 0 Å². The first-order chi connectivity index (χ1) is 19.7. The molecule has 0 unspecified atom stereocenters. The number of pyridine rings is 1. The van der Waals surface area contributed by atoms with Gasteiger partial charge in [0.15, 0.2) is 0 Å². The Morgan fingerprint density at radius 2 is 0.875 bits per heavy atom. The lowest BCUT2D eigenvalue weighted by Gasteiger charge is -2.13. The number of aromatic nitrogens is 1. The number of hydrogen-bond acceptors (Lipinski definition) is 3. The molecule has 0 bridgehead atoms. The van der Waals surface area contributed by atoms with E-state index < -0.39 is 0 Å². The van der Waals surface area contributed by atoms with E-state index in [2.05, 4.69) is 138 Å². The number of anilines is 2. The molecular weight excluding hydrogens is 486 g/mol. The predicted molar refractivity (Wildman–Crippen MR) is 171 cm³/mol. The second kappa shape index (κ2) is 11.3. The van der Waals surface area contributed by atoms with Gasteiger partial charge in [-0.15, -0.1) is 0 Å². The second-order valence-corrected chi connectivity index (χ2v) is 9.77. The normalized spacial score (nSPS) is 10.8. The summed E-state index contributed by atoms with van der Waals surface area (Å²) in [7, 11) is 3.90. The lowest BCUT2D eigenvalue weighted by atomic mass is 9.96. The van der Waals surface area contributed by atoms with Gasteiger partial charge < -0.3 is 10.6 Å². The molecule has 194 valence electrons. The van der Waals surface area contributed by atoms with Gasteiger partial charge in [-0.05, 0) is 58.1 Å². The number of rotatable bonds is 7. The smallest absolute Gasteiger partial charge is 0.0715 e. The van der Waals surface area contributed by atoms with Gasteiger partial charge in [0.2, 0.25) is 0 Å². The molecular formula is C37H31N3. The fraction of sp³-hybridized carbons (Fsp3) is 0.0541. The van der Waals surface area contributed by atoms with Crippen molar-refractivity contribution in [3.8, 4) is 55.9 Å². The van der Waals surface area contributed by atoms with Crippen LogP contribution >= 0.6 is 0 Å². The van der Waals surface area contributed by atoms with Gasteiger partial charge in [-0.1, -0.05) is 109 Å². The molecule has 6 aromatic rings. The quantitative estimate of drug-likeness (QED) is 0.221. The van der Waals surface area contributed by atoms with Crippen LogP contribution in [0.25, 0.3) is 55.9 Å². The first kappa shape index (κ1) is 25.1. The van der Waals surface area contributed by atoms with Crippen LogP contribution in [0.3, 0.4) is 0 Å². The average Bonchev–Trinajstić information content (AvgIpc) is 3.05. The van der Waals surface area contributed by atoms with Crippen LogP contribution in [0.1, 0.15) is 0 Å². The van der Waals surface area contributed by atoms with Crippen molar-refractivity contribution >= 4 is 11.4 Å². The van der Waals surface area contributed by atoms with Crippen LogP contribution in [0.15, 0.2) is 140 Å². The van der Waals surface area contributed by atoms with Gasteiger partial charge in [-0.25, -0.2) is 4.98 Å². The third-order valence-corrected chi connectivity index (χ3v) is 7.29. The Balaban J connectivity index is 1.40. The Bertz CT molecular complexity index is 1720. The first-order valence-corrected chi connectivity index (χ1v) is 13.6. The molecule has 0 saturated heterocycles. The molecule has 1 aromatic heterocycles. The van der Waals surface area contributed by atoms with Gasteiger partial charge in [-0.2, -0.15) is 0 Å². The van der Waals surface area contributed by atoms with E-state index in [1.165, 1.54) is 16.7 Å². The molecule has 6 rings (SSSR count). The summed E-state index contributed by atoms with van der Waals surface area (Å²) >= 11 is 0. The van der Waals surface area contributed by atoms with Crippen molar-refractivity contribution in [3.63, 3.8) is 0 Å². The summed E-state index contributed by atoms with van der Waals surface area (Å²) in [5.41, 5.74) is 13.3. The third-order valence-electron chi connectivity index (χ3n) is 7.29. The maximum atomic E-state index is 5.11. The van der Waals surface area contributed by atoms with E-state index in [0.29, 0.717) is 0 Å². The van der Waals surface area contributed by atoms with Gasteiger partial charge in [0, 0.05) is 42.2 Å². The average molecular weight is 518 g/mol. The molecule has 5 aromatic carbocycles. The standard InChI is InChI=1S/C37H31N3/c1-38-33-21-22-35(39-2)34(25-33)29-17-19-31(20-18-29)37-24-32(23-36(40-37)30-11-7-4-8-12-30)28-15-13-27(14-16-28)26-9-5-3-6-10-26/h3-25,38-39H,1-2H3. The Kier molecular flexibility index (Phi) is 7.11. The van der Waals surface area contributed by atoms with E-state index in [1.807, 2.05) is 26.2 Å². The van der Waals surface area contributed by atoms with Crippen molar-refractivity contribution < 1.29 is 0 Å². The fourth-order valence-electron chi connectivity index (χ4n) is 5.06. The summed E-state index contributed by atoms with van der Waals surface area (Å²) in [4.78, 5) is 5.11. The summed E-state index contributed by atoms with van der Waals surface area (Å²) in [6, 6.07) is 49.1. The van der Waals surface area contributed by atoms with Gasteiger partial charge in [0.1, 0.15) is 0 Å². The summed E-state index contributed by atoms with van der Waals surface area (Å²) < 4.78 is 0. The Morgan fingerprint density at radius 3 is 1.45 bits per heavy atom. The Labute approximate surface area is 236 Å². The molecule has 3 heteroatoms. The SMILES string of the molecule is CNc1ccc(NC)c(-c2ccc(-c3cc(-c4ccc(-c5ccccc5)cc4)cc(-c4ccccc4)n3)cc2)c1. The molecule has 0 saturated carbocycles. The highest BCUT2D eigenvalue weighted by Crippen LogP contribution is 2.34. The molecule has 3 nitrogen and oxygen atoms in total. The van der Waals surface area contributed by atoms with E-state index in [1.54, 1.807) is 0 Å². The lowest BCUT2D eigenvalue weighted by Crippen LogP contribution is -1.95. The minimum absolute atomic E-state index is 0.952. The third kappa shape index (κ3) is 5.23. The Morgan fingerprint density at radius 1 is 0.400 bits per heavy atom. The molecule has 40 heavy (non-hydrogen) atoms. The molecule has 0 fully saturated rings. The largest absolute Gasteiger partial charge is 0.388 e. The second-order valence-electron chi connectivity index (χ2n) is 9.77. The van der Waals surface area contributed by atoms with E-state index in [9.17, 15) is 0 Å². The zero-order chi connectivity index (χ0) is 27.3. The van der Waals surface area contributed by atoms with Gasteiger partial charge >= 0.3 is 0 Å². The molecule has 1 heterocycles. The highest BCUT2D eigenvalue weighted by molar-refractivity contribution is 5.83. The van der Waals surface area contributed by atoms with E-state index in [4.69, 9.17) is 4.98 Å². The monoisotopic (exact) mass is 517 g/mol. The molecule has 0 radical (unpaired) electrons. The fourth-order valence-corrected chi connectivity index (χ4v) is 5.06. The minimum Gasteiger partial charge on any atom is -0.388 e. The number of benzene rings is 5. The number of nitrogens with zero attached hydrogens (tertiary/aromatic N) is 1. The maximum Gasteiger partial charge on any atom is 0.0715 e. The van der Waals surface area contributed by atoms with Crippen molar-refractivity contribution in [2.75, 3.05) is 24.7 Å². The van der Waals surface area contributed by atoms with Crippen LogP contribution in [0.4, 0.5) is 11.4 Å². The highest BCUT2D eigenvalue weighted by Gasteiger charge is 2.11. The van der Waals surface area contributed by atoms with Gasteiger partial charge in [0.05, 0.1) is 11.4 Å². The molecule has 0 atom stereocenters. The van der Waals surface area contributed by atoms with E-state index in [-0.39, 0.29) is 0 Å². The number of nitrogens with one attached hydrogen (secondary N) is 2. The van der Waals surface area contributed by atoms with Crippen LogP contribution in [-0.4, -0.2) is 19.1 Å². The minimum atomic E-state index is 0.952. The number of hydrogen-bond donors (Lipinski definition) is 2. The Hall–Kier alpha value is -5.15. The molecule has 0 amide bonds. The molecule has 2 N–H and O–H groups in total.